The molecule has 124 valence electrons. The summed E-state index contributed by atoms with van der Waals surface area (Å²) < 4.78 is 1.66. The fourth-order valence-corrected chi connectivity index (χ4v) is 2.62. The molecular weight excluding hydrogens is 306 g/mol. The van der Waals surface area contributed by atoms with E-state index in [-0.39, 0.29) is 24.2 Å². The average molecular weight is 325 g/mol. The van der Waals surface area contributed by atoms with Crippen molar-refractivity contribution >= 4 is 16.7 Å². The quantitative estimate of drug-likeness (QED) is 0.743. The predicted molar refractivity (Wildman–Crippen MR) is 90.0 cm³/mol. The monoisotopic (exact) mass is 325 g/mol. The normalized spacial score (nSPS) is 12.3. The standard InChI is InChI=1S/C17H19N5O2/c1-11(7-9-23)19-17(24)16-12(2)22(21-20-16)15-5-3-4-13-10-18-8-6-14(13)15/h3-6,8,10-11,23H,7,9H2,1-2H3,(H,19,24)/t11-/m1/s1. The highest BCUT2D eigenvalue weighted by Crippen LogP contribution is 2.22. The Labute approximate surface area is 139 Å². The fraction of sp³-hybridized carbons (Fsp3) is 0.294. The smallest absolute Gasteiger partial charge is 0.273 e. The molecule has 0 aliphatic heterocycles. The van der Waals surface area contributed by atoms with E-state index in [0.717, 1.165) is 16.5 Å². The summed E-state index contributed by atoms with van der Waals surface area (Å²) in [5, 5.41) is 21.9. The molecule has 2 heterocycles. The average Bonchev–Trinajstić information content (AvgIpc) is 2.96. The van der Waals surface area contributed by atoms with Crippen molar-refractivity contribution in [1.29, 1.82) is 0 Å². The number of pyridine rings is 1. The number of carbonyl (C=O) groups is 1. The van der Waals surface area contributed by atoms with Gasteiger partial charge in [0.2, 0.25) is 0 Å². The van der Waals surface area contributed by atoms with E-state index in [4.69, 9.17) is 5.11 Å². The van der Waals surface area contributed by atoms with Gasteiger partial charge < -0.3 is 10.4 Å². The Morgan fingerprint density at radius 2 is 2.21 bits per heavy atom. The van der Waals surface area contributed by atoms with Crippen LogP contribution < -0.4 is 5.32 Å². The first-order valence-corrected chi connectivity index (χ1v) is 7.79. The summed E-state index contributed by atoms with van der Waals surface area (Å²) in [5.74, 6) is -0.290. The van der Waals surface area contributed by atoms with Crippen LogP contribution in [-0.4, -0.2) is 43.6 Å². The lowest BCUT2D eigenvalue weighted by Crippen LogP contribution is -2.33. The topological polar surface area (TPSA) is 92.9 Å². The molecule has 0 radical (unpaired) electrons. The second kappa shape index (κ2) is 6.76. The first-order chi connectivity index (χ1) is 11.6. The molecule has 0 fully saturated rings. The molecule has 0 saturated carbocycles. The maximum atomic E-state index is 12.3. The van der Waals surface area contributed by atoms with E-state index in [0.29, 0.717) is 12.1 Å². The zero-order valence-corrected chi connectivity index (χ0v) is 13.6. The van der Waals surface area contributed by atoms with Crippen molar-refractivity contribution in [3.8, 4) is 5.69 Å². The van der Waals surface area contributed by atoms with E-state index in [2.05, 4.69) is 20.6 Å². The molecule has 1 aromatic carbocycles. The summed E-state index contributed by atoms with van der Waals surface area (Å²) >= 11 is 0. The van der Waals surface area contributed by atoms with Crippen LogP contribution in [0.3, 0.4) is 0 Å². The number of nitrogens with zero attached hydrogens (tertiary/aromatic N) is 4. The highest BCUT2D eigenvalue weighted by atomic mass is 16.3. The molecular formula is C17H19N5O2. The number of aliphatic hydroxyl groups excluding tert-OH is 1. The first kappa shape index (κ1) is 16.1. The molecule has 7 nitrogen and oxygen atoms in total. The molecule has 0 aliphatic carbocycles. The van der Waals surface area contributed by atoms with Crippen LogP contribution >= 0.6 is 0 Å². The van der Waals surface area contributed by atoms with Gasteiger partial charge in [0.15, 0.2) is 5.69 Å². The zero-order chi connectivity index (χ0) is 17.1. The third-order valence-electron chi connectivity index (χ3n) is 3.94. The van der Waals surface area contributed by atoms with E-state index in [9.17, 15) is 4.79 Å². The number of carbonyl (C=O) groups excluding carboxylic acids is 1. The third kappa shape index (κ3) is 2.98. The third-order valence-corrected chi connectivity index (χ3v) is 3.94. The zero-order valence-electron chi connectivity index (χ0n) is 13.6. The van der Waals surface area contributed by atoms with Gasteiger partial charge in [-0.25, -0.2) is 4.68 Å². The molecule has 0 aliphatic rings. The molecule has 0 saturated heterocycles. The SMILES string of the molecule is Cc1c(C(=O)N[C@H](C)CCO)nnn1-c1cccc2cnccc12. The lowest BCUT2D eigenvalue weighted by molar-refractivity contribution is 0.0928. The number of fused-ring (bicyclic) bond motifs is 1. The van der Waals surface area contributed by atoms with Crippen LogP contribution in [0.5, 0.6) is 0 Å². The van der Waals surface area contributed by atoms with Gasteiger partial charge in [0.25, 0.3) is 5.91 Å². The summed E-state index contributed by atoms with van der Waals surface area (Å²) in [5.41, 5.74) is 1.79. The number of rotatable bonds is 5. The van der Waals surface area contributed by atoms with Crippen molar-refractivity contribution in [2.45, 2.75) is 26.3 Å². The van der Waals surface area contributed by atoms with Crippen LogP contribution in [0, 0.1) is 6.92 Å². The van der Waals surface area contributed by atoms with Gasteiger partial charge in [0.05, 0.1) is 11.4 Å². The van der Waals surface area contributed by atoms with Crippen LogP contribution in [0.2, 0.25) is 0 Å². The molecule has 1 atom stereocenters. The largest absolute Gasteiger partial charge is 0.396 e. The van der Waals surface area contributed by atoms with Crippen LogP contribution in [-0.2, 0) is 0 Å². The molecule has 7 heteroatoms. The van der Waals surface area contributed by atoms with Gasteiger partial charge in [-0.2, -0.15) is 0 Å². The van der Waals surface area contributed by atoms with Gasteiger partial charge in [0, 0.05) is 35.8 Å². The maximum absolute atomic E-state index is 12.3. The van der Waals surface area contributed by atoms with Crippen molar-refractivity contribution in [3.63, 3.8) is 0 Å². The highest BCUT2D eigenvalue weighted by Gasteiger charge is 2.19. The number of hydrogen-bond acceptors (Lipinski definition) is 5. The Hall–Kier alpha value is -2.80. The number of aliphatic hydroxyl groups is 1. The van der Waals surface area contributed by atoms with Crippen molar-refractivity contribution in [3.05, 3.63) is 48.0 Å². The highest BCUT2D eigenvalue weighted by molar-refractivity contribution is 5.94. The molecule has 2 N–H and O–H groups in total. The summed E-state index contributed by atoms with van der Waals surface area (Å²) in [4.78, 5) is 16.5. The van der Waals surface area contributed by atoms with Gasteiger partial charge >= 0.3 is 0 Å². The summed E-state index contributed by atoms with van der Waals surface area (Å²) in [6.07, 6.45) is 4.01. The van der Waals surface area contributed by atoms with Crippen LogP contribution in [0.15, 0.2) is 36.7 Å². The van der Waals surface area contributed by atoms with Crippen LogP contribution in [0.25, 0.3) is 16.5 Å². The van der Waals surface area contributed by atoms with Gasteiger partial charge in [-0.3, -0.25) is 9.78 Å². The van der Waals surface area contributed by atoms with Gasteiger partial charge in [-0.05, 0) is 32.4 Å². The van der Waals surface area contributed by atoms with Gasteiger partial charge in [0.1, 0.15) is 0 Å². The number of hydrogen-bond donors (Lipinski definition) is 2. The molecule has 2 aromatic heterocycles. The van der Waals surface area contributed by atoms with Crippen molar-refractivity contribution in [1.82, 2.24) is 25.3 Å². The van der Waals surface area contributed by atoms with Crippen molar-refractivity contribution in [2.75, 3.05) is 6.61 Å². The lowest BCUT2D eigenvalue weighted by atomic mass is 10.1. The van der Waals surface area contributed by atoms with E-state index >= 15 is 0 Å². The van der Waals surface area contributed by atoms with E-state index in [1.54, 1.807) is 17.1 Å². The predicted octanol–water partition coefficient (Wildman–Crippen LogP) is 1.62. The molecule has 1 amide bonds. The summed E-state index contributed by atoms with van der Waals surface area (Å²) in [6.45, 7) is 3.67. The Morgan fingerprint density at radius 3 is 3.00 bits per heavy atom. The molecule has 0 bridgehead atoms. The van der Waals surface area contributed by atoms with Gasteiger partial charge in [-0.1, -0.05) is 17.3 Å². The minimum atomic E-state index is -0.290. The Kier molecular flexibility index (Phi) is 4.52. The molecule has 0 unspecified atom stereocenters. The minimum absolute atomic E-state index is 0.0250. The Morgan fingerprint density at radius 1 is 1.38 bits per heavy atom. The van der Waals surface area contributed by atoms with Crippen LogP contribution in [0.4, 0.5) is 0 Å². The molecule has 24 heavy (non-hydrogen) atoms. The Balaban J connectivity index is 1.96. The molecule has 3 rings (SSSR count). The van der Waals surface area contributed by atoms with Gasteiger partial charge in [-0.15, -0.1) is 5.10 Å². The van der Waals surface area contributed by atoms with E-state index in [1.807, 2.05) is 38.1 Å². The maximum Gasteiger partial charge on any atom is 0.273 e. The van der Waals surface area contributed by atoms with Crippen LogP contribution in [0.1, 0.15) is 29.5 Å². The summed E-state index contributed by atoms with van der Waals surface area (Å²) in [6, 6.07) is 7.61. The summed E-state index contributed by atoms with van der Waals surface area (Å²) in [7, 11) is 0. The number of nitrogens with one attached hydrogen (secondary N) is 1. The minimum Gasteiger partial charge on any atom is -0.396 e. The second-order valence-electron chi connectivity index (χ2n) is 5.70. The number of amides is 1. The lowest BCUT2D eigenvalue weighted by Gasteiger charge is -2.11. The second-order valence-corrected chi connectivity index (χ2v) is 5.70. The Bertz CT molecular complexity index is 869. The van der Waals surface area contributed by atoms with Crippen molar-refractivity contribution < 1.29 is 9.90 Å². The number of benzene rings is 1. The first-order valence-electron chi connectivity index (χ1n) is 7.79. The van der Waals surface area contributed by atoms with Crippen molar-refractivity contribution in [2.24, 2.45) is 0 Å². The fourth-order valence-electron chi connectivity index (χ4n) is 2.62. The van der Waals surface area contributed by atoms with E-state index in [1.165, 1.54) is 0 Å². The number of aromatic nitrogens is 4. The molecule has 0 spiro atoms. The molecule has 3 aromatic rings. The van der Waals surface area contributed by atoms with E-state index < -0.39 is 0 Å².